The number of thiazole rings is 1. The molecule has 0 atom stereocenters. The van der Waals surface area contributed by atoms with E-state index in [9.17, 15) is 14.4 Å². The van der Waals surface area contributed by atoms with E-state index < -0.39 is 23.7 Å². The lowest BCUT2D eigenvalue weighted by atomic mass is 10.0. The van der Waals surface area contributed by atoms with Crippen molar-refractivity contribution < 1.29 is 4.79 Å². The van der Waals surface area contributed by atoms with Gasteiger partial charge in [-0.05, 0) is 25.3 Å². The van der Waals surface area contributed by atoms with E-state index in [1.54, 1.807) is 13.0 Å². The van der Waals surface area contributed by atoms with Crippen molar-refractivity contribution in [3.05, 3.63) is 67.8 Å². The predicted octanol–water partition coefficient (Wildman–Crippen LogP) is 3.79. The Morgan fingerprint density at radius 3 is 2.58 bits per heavy atom. The number of nitrogens with zero attached hydrogens (tertiary/aromatic N) is 4. The zero-order valence-corrected chi connectivity index (χ0v) is 19.7. The summed E-state index contributed by atoms with van der Waals surface area (Å²) in [6.45, 7) is 3.71. The summed E-state index contributed by atoms with van der Waals surface area (Å²) in [5.41, 5.74) is 1.39. The highest BCUT2D eigenvalue weighted by molar-refractivity contribution is 7.14. The van der Waals surface area contributed by atoms with Gasteiger partial charge in [0, 0.05) is 23.7 Å². The van der Waals surface area contributed by atoms with E-state index in [1.165, 1.54) is 53.3 Å². The fourth-order valence-electron chi connectivity index (χ4n) is 3.46. The van der Waals surface area contributed by atoms with Gasteiger partial charge < -0.3 is 5.32 Å². The average molecular weight is 466 g/mol. The third kappa shape index (κ3) is 6.05. The Morgan fingerprint density at radius 2 is 1.91 bits per heavy atom. The van der Waals surface area contributed by atoms with Crippen LogP contribution in [0.3, 0.4) is 0 Å². The van der Waals surface area contributed by atoms with Gasteiger partial charge in [0.1, 0.15) is 18.2 Å². The maximum atomic E-state index is 12.5. The second-order valence-corrected chi connectivity index (χ2v) is 8.57. The Balaban J connectivity index is 1.67. The number of aromatic nitrogens is 3. The van der Waals surface area contributed by atoms with Gasteiger partial charge in [-0.25, -0.2) is 14.3 Å². The summed E-state index contributed by atoms with van der Waals surface area (Å²) in [5.74, 6) is -0.560. The molecule has 0 radical (unpaired) electrons. The highest BCUT2D eigenvalue weighted by Gasteiger charge is 2.15. The number of nitriles is 1. The van der Waals surface area contributed by atoms with E-state index in [4.69, 9.17) is 5.26 Å². The summed E-state index contributed by atoms with van der Waals surface area (Å²) >= 11 is 1.26. The highest BCUT2D eigenvalue weighted by atomic mass is 32.1. The fourth-order valence-corrected chi connectivity index (χ4v) is 4.20. The topological polar surface area (TPSA) is 110 Å². The van der Waals surface area contributed by atoms with E-state index in [2.05, 4.69) is 29.4 Å². The van der Waals surface area contributed by atoms with Crippen molar-refractivity contribution in [1.29, 1.82) is 5.26 Å². The van der Waals surface area contributed by atoms with E-state index in [0.717, 1.165) is 22.2 Å². The van der Waals surface area contributed by atoms with Crippen molar-refractivity contribution >= 4 is 22.4 Å². The summed E-state index contributed by atoms with van der Waals surface area (Å²) in [6, 6.07) is 10.0. The highest BCUT2D eigenvalue weighted by Crippen LogP contribution is 2.25. The smallest absolute Gasteiger partial charge is 0.300 e. The molecule has 2 heterocycles. The predicted molar refractivity (Wildman–Crippen MR) is 129 cm³/mol. The van der Waals surface area contributed by atoms with E-state index in [1.807, 2.05) is 17.5 Å². The van der Waals surface area contributed by atoms with Gasteiger partial charge in [0.2, 0.25) is 5.91 Å². The van der Waals surface area contributed by atoms with Crippen LogP contribution >= 0.6 is 11.3 Å². The SMILES string of the molecule is CCCCCCc1ccc(-c2csc(NC(=O)Cn3c(=O)c(C#N)cn(CC)c3=O)n2)cc1. The number of nitrogens with one attached hydrogen (secondary N) is 1. The molecule has 1 aromatic carbocycles. The molecule has 0 spiro atoms. The minimum absolute atomic E-state index is 0.186. The molecule has 1 N–H and O–H groups in total. The van der Waals surface area contributed by atoms with E-state index in [0.29, 0.717) is 5.13 Å². The molecule has 33 heavy (non-hydrogen) atoms. The summed E-state index contributed by atoms with van der Waals surface area (Å²) in [5, 5.41) is 14.0. The van der Waals surface area contributed by atoms with Crippen molar-refractivity contribution in [2.45, 2.75) is 59.0 Å². The van der Waals surface area contributed by atoms with Crippen molar-refractivity contribution in [3.63, 3.8) is 0 Å². The van der Waals surface area contributed by atoms with Crippen LogP contribution < -0.4 is 16.6 Å². The number of aryl methyl sites for hydroxylation is 2. The molecule has 9 heteroatoms. The number of carbonyl (C=O) groups is 1. The molecule has 0 fully saturated rings. The molecular formula is C24H27N5O3S. The second kappa shape index (κ2) is 11.4. The maximum absolute atomic E-state index is 12.5. The van der Waals surface area contributed by atoms with Crippen LogP contribution in [-0.2, 0) is 24.3 Å². The van der Waals surface area contributed by atoms with Crippen molar-refractivity contribution in [1.82, 2.24) is 14.1 Å². The minimum atomic E-state index is -0.781. The lowest BCUT2D eigenvalue weighted by molar-refractivity contribution is -0.116. The number of carbonyl (C=O) groups excluding carboxylic acids is 1. The van der Waals surface area contributed by atoms with E-state index >= 15 is 0 Å². The van der Waals surface area contributed by atoms with Crippen LogP contribution in [-0.4, -0.2) is 20.0 Å². The molecule has 8 nitrogen and oxygen atoms in total. The van der Waals surface area contributed by atoms with Gasteiger partial charge in [0.25, 0.3) is 5.56 Å². The first kappa shape index (κ1) is 24.1. The van der Waals surface area contributed by atoms with Crippen LogP contribution in [0.15, 0.2) is 45.4 Å². The van der Waals surface area contributed by atoms with Crippen LogP contribution in [0, 0.1) is 11.3 Å². The molecule has 3 rings (SSSR count). The van der Waals surface area contributed by atoms with Gasteiger partial charge in [-0.15, -0.1) is 11.3 Å². The Hall–Kier alpha value is -3.51. The Kier molecular flexibility index (Phi) is 8.33. The van der Waals surface area contributed by atoms with Gasteiger partial charge in [0.05, 0.1) is 5.69 Å². The summed E-state index contributed by atoms with van der Waals surface area (Å²) in [6.07, 6.45) is 7.18. The van der Waals surface area contributed by atoms with E-state index in [-0.39, 0.29) is 12.1 Å². The van der Waals surface area contributed by atoms with Gasteiger partial charge >= 0.3 is 5.69 Å². The van der Waals surface area contributed by atoms with Crippen LogP contribution in [0.25, 0.3) is 11.3 Å². The number of hydrogen-bond acceptors (Lipinski definition) is 6. The summed E-state index contributed by atoms with van der Waals surface area (Å²) in [7, 11) is 0. The first-order valence-corrected chi connectivity index (χ1v) is 11.9. The molecule has 3 aromatic rings. The third-order valence-corrected chi connectivity index (χ3v) is 6.08. The quantitative estimate of drug-likeness (QED) is 0.458. The third-order valence-electron chi connectivity index (χ3n) is 5.32. The monoisotopic (exact) mass is 465 g/mol. The molecule has 0 aliphatic carbocycles. The van der Waals surface area contributed by atoms with Crippen molar-refractivity contribution in [2.75, 3.05) is 5.32 Å². The molecule has 172 valence electrons. The van der Waals surface area contributed by atoms with Gasteiger partial charge in [0.15, 0.2) is 5.13 Å². The number of benzene rings is 1. The summed E-state index contributed by atoms with van der Waals surface area (Å²) < 4.78 is 1.99. The lowest BCUT2D eigenvalue weighted by Crippen LogP contribution is -2.43. The molecule has 2 aromatic heterocycles. The Bertz CT molecular complexity index is 1260. The van der Waals surface area contributed by atoms with Crippen molar-refractivity contribution in [3.8, 4) is 17.3 Å². The second-order valence-electron chi connectivity index (χ2n) is 7.71. The minimum Gasteiger partial charge on any atom is -0.300 e. The van der Waals surface area contributed by atoms with Crippen molar-refractivity contribution in [2.24, 2.45) is 0 Å². The average Bonchev–Trinajstić information content (AvgIpc) is 3.28. The largest absolute Gasteiger partial charge is 0.331 e. The van der Waals surface area contributed by atoms with Gasteiger partial charge in [-0.2, -0.15) is 5.26 Å². The Labute approximate surface area is 196 Å². The normalized spacial score (nSPS) is 10.7. The summed E-state index contributed by atoms with van der Waals surface area (Å²) in [4.78, 5) is 41.7. The molecule has 0 unspecified atom stereocenters. The van der Waals surface area contributed by atoms with Crippen LogP contribution in [0.4, 0.5) is 5.13 Å². The number of hydrogen-bond donors (Lipinski definition) is 1. The Morgan fingerprint density at radius 1 is 1.15 bits per heavy atom. The zero-order valence-electron chi connectivity index (χ0n) is 18.8. The molecule has 0 aliphatic rings. The molecule has 0 saturated heterocycles. The first-order chi connectivity index (χ1) is 16.0. The van der Waals surface area contributed by atoms with Gasteiger partial charge in [-0.3, -0.25) is 14.2 Å². The number of unbranched alkanes of at least 4 members (excludes halogenated alkanes) is 3. The molecule has 0 bridgehead atoms. The lowest BCUT2D eigenvalue weighted by Gasteiger charge is -2.09. The molecular weight excluding hydrogens is 438 g/mol. The van der Waals surface area contributed by atoms with Gasteiger partial charge in [-0.1, -0.05) is 50.5 Å². The zero-order chi connectivity index (χ0) is 23.8. The number of anilines is 1. The molecule has 1 amide bonds. The van der Waals surface area contributed by atoms with Crippen LogP contribution in [0.2, 0.25) is 0 Å². The number of rotatable bonds is 10. The van der Waals surface area contributed by atoms with Crippen LogP contribution in [0.1, 0.15) is 50.7 Å². The standard InChI is InChI=1S/C24H27N5O3S/c1-3-5-6-7-8-17-9-11-18(12-10-17)20-16-33-23(26-20)27-21(30)15-29-22(31)19(13-25)14-28(4-2)24(29)32/h9-12,14,16H,3-8,15H2,1-2H3,(H,26,27,30). The number of amides is 1. The molecule has 0 saturated carbocycles. The maximum Gasteiger partial charge on any atom is 0.331 e. The molecule has 0 aliphatic heterocycles. The van der Waals surface area contributed by atoms with Crippen LogP contribution in [0.5, 0.6) is 0 Å². The first-order valence-electron chi connectivity index (χ1n) is 11.1. The fraction of sp³-hybridized carbons (Fsp3) is 0.375.